The van der Waals surface area contributed by atoms with Crippen LogP contribution in [0.15, 0.2) is 72.8 Å². The number of carbonyl (C=O) groups is 6. The van der Waals surface area contributed by atoms with Gasteiger partial charge in [-0.3, -0.25) is 43.8 Å². The van der Waals surface area contributed by atoms with Crippen molar-refractivity contribution in [1.29, 1.82) is 0 Å². The molecule has 0 radical (unpaired) electrons. The third-order valence-electron chi connectivity index (χ3n) is 10.5. The van der Waals surface area contributed by atoms with Crippen LogP contribution < -0.4 is 14.8 Å². The lowest BCUT2D eigenvalue weighted by Gasteiger charge is -2.52. The first kappa shape index (κ1) is 44.5. The van der Waals surface area contributed by atoms with E-state index in [1.54, 1.807) is 36.4 Å². The number of imide groups is 1. The minimum absolute atomic E-state index is 0.00260. The van der Waals surface area contributed by atoms with E-state index in [9.17, 15) is 38.9 Å². The largest absolute Gasteiger partial charge is 0.497 e. The van der Waals surface area contributed by atoms with Crippen molar-refractivity contribution in [3.05, 3.63) is 99.6 Å². The molecule has 0 bridgehead atoms. The van der Waals surface area contributed by atoms with Gasteiger partial charge in [0.15, 0.2) is 24.8 Å². The van der Waals surface area contributed by atoms with Gasteiger partial charge in [-0.05, 0) is 36.4 Å². The van der Waals surface area contributed by atoms with Gasteiger partial charge in [-0.1, -0.05) is 24.3 Å². The third kappa shape index (κ3) is 9.61. The fourth-order valence-electron chi connectivity index (χ4n) is 7.84. The molecule has 3 amide bonds. The summed E-state index contributed by atoms with van der Waals surface area (Å²) < 4.78 is 60.7. The van der Waals surface area contributed by atoms with E-state index >= 15 is 0 Å². The van der Waals surface area contributed by atoms with Crippen molar-refractivity contribution in [3.63, 3.8) is 0 Å². The second-order valence-electron chi connectivity index (χ2n) is 14.8. The van der Waals surface area contributed by atoms with E-state index in [4.69, 9.17) is 47.4 Å². The third-order valence-corrected chi connectivity index (χ3v) is 10.5. The first-order chi connectivity index (χ1) is 30.1. The highest BCUT2D eigenvalue weighted by Crippen LogP contribution is 2.41. The van der Waals surface area contributed by atoms with Gasteiger partial charge in [-0.2, -0.15) is 0 Å². The summed E-state index contributed by atoms with van der Waals surface area (Å²) in [6, 6.07) is 14.7. The molecule has 0 aromatic heterocycles. The van der Waals surface area contributed by atoms with Crippen LogP contribution in [0.1, 0.15) is 60.3 Å². The monoisotopic (exact) mass is 877 g/mol. The standard InChI is InChI=1S/C42H43N3O18/c1-20(46)43-32-36(34-31(19-56-40(62-34)24-10-14-26(54-5)15-11-24)60-41(32)59-27-16-12-25(13-17-27)45(52)53)63-42-33(44-38(50)28-8-6-7-9-29(28)39(44)51)37(58-23(4)49)35(57-22(3)48)30(61-42)18-55-21(2)47/h6-17,30-37,40-42H,18-19H2,1-5H3,(H,43,46)/t30-,31-,32-,33-,34+,35-,36-,37-,40?,41+,42+/m1/s1. The molecule has 334 valence electrons. The number of amides is 3. The molecule has 4 aliphatic rings. The Morgan fingerprint density at radius 2 is 1.40 bits per heavy atom. The van der Waals surface area contributed by atoms with E-state index in [1.807, 2.05) is 0 Å². The van der Waals surface area contributed by atoms with Crippen molar-refractivity contribution in [2.75, 3.05) is 20.3 Å². The smallest absolute Gasteiger partial charge is 0.303 e. The molecule has 0 spiro atoms. The van der Waals surface area contributed by atoms with Gasteiger partial charge in [0.05, 0.1) is 29.8 Å². The first-order valence-electron chi connectivity index (χ1n) is 19.6. The molecule has 4 aliphatic heterocycles. The molecule has 3 fully saturated rings. The second kappa shape index (κ2) is 18.8. The average Bonchev–Trinajstić information content (AvgIpc) is 3.49. The zero-order chi connectivity index (χ0) is 45.1. The van der Waals surface area contributed by atoms with Gasteiger partial charge in [-0.15, -0.1) is 0 Å². The first-order valence-corrected chi connectivity index (χ1v) is 19.6. The van der Waals surface area contributed by atoms with Crippen molar-refractivity contribution in [1.82, 2.24) is 10.2 Å². The number of hydrogen-bond donors (Lipinski definition) is 1. The SMILES string of the molecule is COc1ccc(C2OC[C@H]3O[C@H](Oc4ccc([N+](=O)[O-])cc4)[C@H](NC(C)=O)[C@@H](O[C@@H]4O[C@H](COC(C)=O)[C@@H](OC(C)=O)[C@H](OC(C)=O)[C@H]4N4C(=O)c5ccccc5C4=O)[C@H]3O2)cc1. The number of nitro groups is 1. The molecule has 63 heavy (non-hydrogen) atoms. The molecule has 1 unspecified atom stereocenters. The Labute approximate surface area is 358 Å². The maximum Gasteiger partial charge on any atom is 0.303 e. The number of hydrogen-bond acceptors (Lipinski definition) is 18. The zero-order valence-electron chi connectivity index (χ0n) is 34.4. The van der Waals surface area contributed by atoms with Crippen LogP contribution in [0.2, 0.25) is 0 Å². The van der Waals surface area contributed by atoms with E-state index < -0.39 is 115 Å². The van der Waals surface area contributed by atoms with Crippen LogP contribution >= 0.6 is 0 Å². The highest BCUT2D eigenvalue weighted by atomic mass is 16.8. The Hall–Kier alpha value is -6.52. The van der Waals surface area contributed by atoms with Crippen molar-refractivity contribution >= 4 is 41.3 Å². The van der Waals surface area contributed by atoms with Crippen LogP contribution in [0.5, 0.6) is 11.5 Å². The van der Waals surface area contributed by atoms with Crippen LogP contribution in [-0.4, -0.2) is 127 Å². The van der Waals surface area contributed by atoms with Gasteiger partial charge in [-0.25, -0.2) is 0 Å². The Kier molecular flexibility index (Phi) is 13.3. The topological polar surface area (TPSA) is 253 Å². The summed E-state index contributed by atoms with van der Waals surface area (Å²) in [5.74, 6) is -4.18. The van der Waals surface area contributed by atoms with Crippen LogP contribution in [0, 0.1) is 10.1 Å². The highest BCUT2D eigenvalue weighted by Gasteiger charge is 2.60. The zero-order valence-corrected chi connectivity index (χ0v) is 34.4. The molecule has 3 aromatic carbocycles. The summed E-state index contributed by atoms with van der Waals surface area (Å²) in [4.78, 5) is 91.0. The minimum Gasteiger partial charge on any atom is -0.497 e. The number of carbonyl (C=O) groups excluding carboxylic acids is 6. The Balaban J connectivity index is 1.35. The van der Waals surface area contributed by atoms with Crippen LogP contribution in [-0.2, 0) is 57.1 Å². The number of nitro benzene ring substituents is 1. The van der Waals surface area contributed by atoms with Crippen LogP contribution in [0.25, 0.3) is 0 Å². The summed E-state index contributed by atoms with van der Waals surface area (Å²) >= 11 is 0. The molecule has 1 N–H and O–H groups in total. The number of nitrogens with zero attached hydrogens (tertiary/aromatic N) is 2. The molecule has 7 rings (SSSR count). The van der Waals surface area contributed by atoms with Gasteiger partial charge >= 0.3 is 17.9 Å². The maximum atomic E-state index is 14.3. The number of fused-ring (bicyclic) bond motifs is 2. The predicted molar refractivity (Wildman–Crippen MR) is 209 cm³/mol. The normalized spacial score (nSPS) is 28.8. The van der Waals surface area contributed by atoms with Gasteiger partial charge in [0.2, 0.25) is 12.2 Å². The van der Waals surface area contributed by atoms with E-state index in [0.29, 0.717) is 11.3 Å². The molecular formula is C42H43N3O18. The summed E-state index contributed by atoms with van der Waals surface area (Å²) in [7, 11) is 1.51. The molecule has 4 heterocycles. The van der Waals surface area contributed by atoms with Crippen molar-refractivity contribution < 1.29 is 81.1 Å². The lowest BCUT2D eigenvalue weighted by atomic mass is 9.92. The molecular weight excluding hydrogens is 834 g/mol. The highest BCUT2D eigenvalue weighted by molar-refractivity contribution is 6.21. The van der Waals surface area contributed by atoms with Gasteiger partial charge < -0.3 is 52.7 Å². The van der Waals surface area contributed by atoms with Gasteiger partial charge in [0.25, 0.3) is 17.5 Å². The molecule has 11 atom stereocenters. The minimum atomic E-state index is -1.84. The van der Waals surface area contributed by atoms with Crippen LogP contribution in [0.4, 0.5) is 5.69 Å². The Morgan fingerprint density at radius 3 is 1.97 bits per heavy atom. The number of esters is 3. The molecule has 21 nitrogen and oxygen atoms in total. The van der Waals surface area contributed by atoms with E-state index in [1.165, 1.54) is 50.4 Å². The summed E-state index contributed by atoms with van der Waals surface area (Å²) in [6.45, 7) is 3.72. The summed E-state index contributed by atoms with van der Waals surface area (Å²) in [6.07, 6.45) is -12.7. The number of nitrogens with one attached hydrogen (secondary N) is 1. The van der Waals surface area contributed by atoms with Gasteiger partial charge in [0, 0.05) is 45.4 Å². The van der Waals surface area contributed by atoms with E-state index in [-0.39, 0.29) is 29.2 Å². The Bertz CT molecular complexity index is 2200. The summed E-state index contributed by atoms with van der Waals surface area (Å²) in [5.41, 5.74) is 0.328. The molecule has 21 heteroatoms. The quantitative estimate of drug-likeness (QED) is 0.0851. The lowest BCUT2D eigenvalue weighted by Crippen LogP contribution is -2.72. The van der Waals surface area contributed by atoms with Crippen molar-refractivity contribution in [2.24, 2.45) is 0 Å². The number of ether oxygens (including phenoxy) is 10. The summed E-state index contributed by atoms with van der Waals surface area (Å²) in [5, 5.41) is 14.2. The number of benzene rings is 3. The number of rotatable bonds is 13. The number of non-ortho nitro benzene ring substituents is 1. The number of methoxy groups -OCH3 is 1. The Morgan fingerprint density at radius 1 is 0.778 bits per heavy atom. The van der Waals surface area contributed by atoms with Gasteiger partial charge in [0.1, 0.15) is 54.6 Å². The molecule has 3 saturated heterocycles. The average molecular weight is 878 g/mol. The van der Waals surface area contributed by atoms with E-state index in [0.717, 1.165) is 25.7 Å². The predicted octanol–water partition coefficient (Wildman–Crippen LogP) is 2.53. The van der Waals surface area contributed by atoms with Crippen molar-refractivity contribution in [2.45, 2.75) is 95.3 Å². The van der Waals surface area contributed by atoms with E-state index in [2.05, 4.69) is 5.32 Å². The molecule has 3 aromatic rings. The fraction of sp³-hybridized carbons (Fsp3) is 0.429. The molecule has 0 saturated carbocycles. The lowest BCUT2D eigenvalue weighted by molar-refractivity contribution is -0.384. The fourth-order valence-corrected chi connectivity index (χ4v) is 7.84. The van der Waals surface area contributed by atoms with Crippen LogP contribution in [0.3, 0.4) is 0 Å². The molecule has 0 aliphatic carbocycles. The van der Waals surface area contributed by atoms with Crippen molar-refractivity contribution in [3.8, 4) is 11.5 Å². The maximum absolute atomic E-state index is 14.3. The second-order valence-corrected chi connectivity index (χ2v) is 14.8.